The highest BCUT2D eigenvalue weighted by molar-refractivity contribution is 9.10. The van der Waals surface area contributed by atoms with Crippen LogP contribution in [0, 0.1) is 0 Å². The summed E-state index contributed by atoms with van der Waals surface area (Å²) >= 11 is 9.18. The average Bonchev–Trinajstić information content (AvgIpc) is 2.50. The quantitative estimate of drug-likeness (QED) is 0.867. The molecule has 1 N–H and O–H groups in total. The second-order valence-electron chi connectivity index (χ2n) is 3.27. The molecule has 1 aromatic carbocycles. The number of carboxylic acid groups (broad SMARTS) is 1. The Morgan fingerprint density at radius 2 is 2.50 bits per heavy atom. The van der Waals surface area contributed by atoms with Gasteiger partial charge in [-0.05, 0) is 12.1 Å². The number of ether oxygens (including phenoxy) is 1. The molecule has 0 fully saturated rings. The van der Waals surface area contributed by atoms with Gasteiger partial charge in [0, 0.05) is 26.2 Å². The second-order valence-corrected chi connectivity index (χ2v) is 4.60. The lowest BCUT2D eigenvalue weighted by Crippen LogP contribution is -2.38. The molecule has 16 heavy (non-hydrogen) atoms. The number of nitrogens with zero attached hydrogens (tertiary/aromatic N) is 1. The van der Waals surface area contributed by atoms with E-state index in [-0.39, 0.29) is 16.3 Å². The van der Waals surface area contributed by atoms with Crippen molar-refractivity contribution in [2.75, 3.05) is 7.05 Å². The van der Waals surface area contributed by atoms with Crippen molar-refractivity contribution in [3.05, 3.63) is 27.2 Å². The van der Waals surface area contributed by atoms with Crippen LogP contribution in [0.2, 0.25) is 5.02 Å². The molecule has 0 bridgehead atoms. The molecule has 2 rings (SSSR count). The second kappa shape index (κ2) is 4.14. The lowest BCUT2D eigenvalue weighted by molar-refractivity contribution is 0.0608. The highest BCUT2D eigenvalue weighted by Crippen LogP contribution is 2.38. The number of amides is 1. The van der Waals surface area contributed by atoms with Gasteiger partial charge in [0.25, 0.3) is 0 Å². The Kier molecular flexibility index (Phi) is 2.36. The van der Waals surface area contributed by atoms with Gasteiger partial charge in [-0.25, -0.2) is 4.79 Å². The number of hydrogen-bond donors (Lipinski definition) is 1. The highest BCUT2D eigenvalue weighted by atomic mass is 79.9. The Labute approximate surface area is 109 Å². The standard InChI is InChI=1S/C10H9BrClNO3/c1-13(10(14)15)8-3-5-2-6(11)4-7(12)9(5)16-8/h2,4,8H,3H2,1H3,(H,14,15)/i3D2. The summed E-state index contributed by atoms with van der Waals surface area (Å²) in [5.41, 5.74) is 0.236. The first-order valence-electron chi connectivity index (χ1n) is 5.37. The molecule has 1 atom stereocenters. The molecular weight excluding hydrogens is 297 g/mol. The predicted octanol–water partition coefficient (Wildman–Crippen LogP) is 2.97. The van der Waals surface area contributed by atoms with Crippen LogP contribution < -0.4 is 4.74 Å². The Morgan fingerprint density at radius 3 is 3.12 bits per heavy atom. The molecule has 1 aliphatic heterocycles. The minimum Gasteiger partial charge on any atom is -0.468 e. The van der Waals surface area contributed by atoms with E-state index in [4.69, 9.17) is 24.2 Å². The zero-order chi connectivity index (χ0) is 13.7. The molecule has 1 heterocycles. The SMILES string of the molecule is [2H]C1([2H])c2cc(Br)cc(Cl)c2OC1N(C)C(=O)O. The third kappa shape index (κ3) is 1.97. The molecule has 4 nitrogen and oxygen atoms in total. The van der Waals surface area contributed by atoms with E-state index < -0.39 is 18.7 Å². The van der Waals surface area contributed by atoms with Gasteiger partial charge >= 0.3 is 6.09 Å². The number of rotatable bonds is 1. The minimum absolute atomic E-state index is 0.183. The molecule has 0 aromatic heterocycles. The zero-order valence-corrected chi connectivity index (χ0v) is 10.5. The van der Waals surface area contributed by atoms with E-state index in [0.717, 1.165) is 4.90 Å². The fourth-order valence-corrected chi connectivity index (χ4v) is 2.19. The zero-order valence-electron chi connectivity index (χ0n) is 10.2. The Hall–Kier alpha value is -0.940. The molecule has 0 saturated carbocycles. The van der Waals surface area contributed by atoms with Gasteiger partial charge < -0.3 is 9.84 Å². The summed E-state index contributed by atoms with van der Waals surface area (Å²) in [5.74, 6) is 0.183. The van der Waals surface area contributed by atoms with Crippen LogP contribution in [0.5, 0.6) is 5.75 Å². The maximum atomic E-state index is 10.9. The summed E-state index contributed by atoms with van der Waals surface area (Å²) in [6, 6.07) is 3.11. The van der Waals surface area contributed by atoms with Crippen LogP contribution in [0.3, 0.4) is 0 Å². The average molecular weight is 309 g/mol. The van der Waals surface area contributed by atoms with Crippen LogP contribution in [0.15, 0.2) is 16.6 Å². The van der Waals surface area contributed by atoms with Crippen LogP contribution in [0.4, 0.5) is 4.79 Å². The van der Waals surface area contributed by atoms with E-state index >= 15 is 0 Å². The lowest BCUT2D eigenvalue weighted by Gasteiger charge is -2.20. The first-order chi connectivity index (χ1) is 8.25. The van der Waals surface area contributed by atoms with E-state index in [1.165, 1.54) is 13.1 Å². The monoisotopic (exact) mass is 307 g/mol. The fourth-order valence-electron chi connectivity index (χ4n) is 1.34. The first-order valence-corrected chi connectivity index (χ1v) is 5.54. The number of hydrogen-bond acceptors (Lipinski definition) is 2. The molecule has 1 unspecified atom stereocenters. The van der Waals surface area contributed by atoms with Gasteiger partial charge in [0.2, 0.25) is 0 Å². The summed E-state index contributed by atoms with van der Waals surface area (Å²) in [7, 11) is 1.25. The van der Waals surface area contributed by atoms with Crippen molar-refractivity contribution >= 4 is 33.6 Å². The molecule has 1 amide bonds. The minimum atomic E-state index is -1.96. The number of likely N-dealkylation sites (N-methyl/N-ethyl adjacent to an activating group) is 1. The van der Waals surface area contributed by atoms with Crippen molar-refractivity contribution in [3.63, 3.8) is 0 Å². The smallest absolute Gasteiger partial charge is 0.409 e. The summed E-state index contributed by atoms with van der Waals surface area (Å²) < 4.78 is 22.0. The number of fused-ring (bicyclic) bond motifs is 1. The molecule has 1 aromatic rings. The van der Waals surface area contributed by atoms with Crippen molar-refractivity contribution in [2.45, 2.75) is 12.6 Å². The molecule has 86 valence electrons. The molecule has 0 radical (unpaired) electrons. The lowest BCUT2D eigenvalue weighted by atomic mass is 10.1. The maximum Gasteiger partial charge on any atom is 0.409 e. The largest absolute Gasteiger partial charge is 0.468 e. The molecule has 1 aliphatic rings. The van der Waals surface area contributed by atoms with Gasteiger partial charge in [-0.15, -0.1) is 0 Å². The summed E-state index contributed by atoms with van der Waals surface area (Å²) in [4.78, 5) is 11.7. The number of carbonyl (C=O) groups is 1. The van der Waals surface area contributed by atoms with Crippen molar-refractivity contribution in [2.24, 2.45) is 0 Å². The molecule has 0 saturated heterocycles. The van der Waals surface area contributed by atoms with Crippen molar-refractivity contribution < 1.29 is 17.4 Å². The van der Waals surface area contributed by atoms with E-state index in [2.05, 4.69) is 15.9 Å². The van der Waals surface area contributed by atoms with Gasteiger partial charge in [-0.1, -0.05) is 27.5 Å². The van der Waals surface area contributed by atoms with Gasteiger partial charge in [0.15, 0.2) is 6.23 Å². The fraction of sp³-hybridized carbons (Fsp3) is 0.300. The Balaban J connectivity index is 2.51. The van der Waals surface area contributed by atoms with Crippen LogP contribution in [0.25, 0.3) is 0 Å². The maximum absolute atomic E-state index is 10.9. The molecule has 0 spiro atoms. The number of benzene rings is 1. The Morgan fingerprint density at radius 1 is 1.81 bits per heavy atom. The molecule has 6 heteroatoms. The topological polar surface area (TPSA) is 49.8 Å². The normalized spacial score (nSPS) is 22.8. The van der Waals surface area contributed by atoms with Crippen LogP contribution in [0.1, 0.15) is 8.30 Å². The summed E-state index contributed by atoms with van der Waals surface area (Å²) in [6.07, 6.45) is -4.49. The van der Waals surface area contributed by atoms with Gasteiger partial charge in [-0.3, -0.25) is 4.90 Å². The van der Waals surface area contributed by atoms with E-state index in [0.29, 0.717) is 4.47 Å². The third-order valence-electron chi connectivity index (χ3n) is 2.17. The predicted molar refractivity (Wildman–Crippen MR) is 63.1 cm³/mol. The number of halogens is 2. The van der Waals surface area contributed by atoms with Crippen LogP contribution in [-0.4, -0.2) is 29.4 Å². The van der Waals surface area contributed by atoms with Crippen molar-refractivity contribution in [3.8, 4) is 5.75 Å². The third-order valence-corrected chi connectivity index (χ3v) is 2.91. The van der Waals surface area contributed by atoms with Gasteiger partial charge in [-0.2, -0.15) is 0 Å². The van der Waals surface area contributed by atoms with Gasteiger partial charge in [0.1, 0.15) is 5.75 Å². The first kappa shape index (κ1) is 9.13. The highest BCUT2D eigenvalue weighted by Gasteiger charge is 2.30. The van der Waals surface area contributed by atoms with Gasteiger partial charge in [0.05, 0.1) is 5.02 Å². The van der Waals surface area contributed by atoms with Crippen molar-refractivity contribution in [1.82, 2.24) is 4.90 Å². The molecule has 0 aliphatic carbocycles. The molecular formula is C10H9BrClNO3. The van der Waals surface area contributed by atoms with E-state index in [1.54, 1.807) is 6.07 Å². The summed E-state index contributed by atoms with van der Waals surface area (Å²) in [6.45, 7) is 0. The van der Waals surface area contributed by atoms with Crippen molar-refractivity contribution in [1.29, 1.82) is 0 Å². The van der Waals surface area contributed by atoms with Crippen LogP contribution in [-0.2, 0) is 6.37 Å². The van der Waals surface area contributed by atoms with Crippen LogP contribution >= 0.6 is 27.5 Å². The van der Waals surface area contributed by atoms with E-state index in [9.17, 15) is 4.79 Å². The van der Waals surface area contributed by atoms with E-state index in [1.807, 2.05) is 0 Å². The Bertz CT molecular complexity index is 526. The summed E-state index contributed by atoms with van der Waals surface area (Å²) in [5, 5.41) is 9.15.